The first kappa shape index (κ1) is 23.4. The van der Waals surface area contributed by atoms with Gasteiger partial charge in [-0.3, -0.25) is 0 Å². The van der Waals surface area contributed by atoms with Crippen molar-refractivity contribution in [2.45, 2.75) is 39.2 Å². The maximum Gasteiger partial charge on any atom is 0.191 e. The molecule has 1 aromatic carbocycles. The number of hydrogen-bond acceptors (Lipinski definition) is 4. The Labute approximate surface area is 175 Å². The Balaban J connectivity index is 1.70. The average molecular weight is 408 g/mol. The molecule has 2 N–H and O–H groups in total. The molecular weight excluding hydrogens is 369 g/mol. The molecule has 0 aromatic heterocycles. The van der Waals surface area contributed by atoms with Crippen molar-refractivity contribution in [1.82, 2.24) is 20.4 Å². The van der Waals surface area contributed by atoms with Crippen LogP contribution < -0.4 is 15.4 Å². The Kier molecular flexibility index (Phi) is 10.8. The number of rotatable bonds is 11. The van der Waals surface area contributed by atoms with Gasteiger partial charge in [-0.05, 0) is 51.9 Å². The van der Waals surface area contributed by atoms with Crippen LogP contribution in [0.4, 0.5) is 4.39 Å². The van der Waals surface area contributed by atoms with Crippen LogP contribution in [0, 0.1) is 5.82 Å². The highest BCUT2D eigenvalue weighted by molar-refractivity contribution is 5.79. The van der Waals surface area contributed by atoms with E-state index in [1.54, 1.807) is 12.1 Å². The van der Waals surface area contributed by atoms with Crippen molar-refractivity contribution in [3.63, 3.8) is 0 Å². The number of aliphatic imine (C=N–C) groups is 1. The predicted octanol–water partition coefficient (Wildman–Crippen LogP) is 2.57. The Morgan fingerprint density at radius 3 is 2.66 bits per heavy atom. The molecule has 1 atom stereocenters. The molecule has 164 valence electrons. The lowest BCUT2D eigenvalue weighted by Crippen LogP contribution is -2.44. The van der Waals surface area contributed by atoms with Crippen molar-refractivity contribution in [1.29, 1.82) is 0 Å². The number of piperazine rings is 1. The van der Waals surface area contributed by atoms with Gasteiger partial charge in [-0.1, -0.05) is 13.0 Å². The molecule has 1 saturated heterocycles. The number of hydrogen-bond donors (Lipinski definition) is 2. The third-order valence-electron chi connectivity index (χ3n) is 5.14. The monoisotopic (exact) mass is 407 g/mol. The second kappa shape index (κ2) is 13.4. The van der Waals surface area contributed by atoms with E-state index in [0.29, 0.717) is 12.3 Å². The molecule has 7 heteroatoms. The van der Waals surface area contributed by atoms with Crippen LogP contribution in [0.15, 0.2) is 29.3 Å². The Hall–Kier alpha value is -1.86. The predicted molar refractivity (Wildman–Crippen MR) is 118 cm³/mol. The summed E-state index contributed by atoms with van der Waals surface area (Å²) in [6.45, 7) is 12.2. The van der Waals surface area contributed by atoms with Gasteiger partial charge in [0.2, 0.25) is 0 Å². The fraction of sp³-hybridized carbons (Fsp3) is 0.682. The van der Waals surface area contributed by atoms with Crippen molar-refractivity contribution in [3.8, 4) is 5.75 Å². The summed E-state index contributed by atoms with van der Waals surface area (Å²) in [5.41, 5.74) is 0. The van der Waals surface area contributed by atoms with Crippen molar-refractivity contribution < 1.29 is 9.13 Å². The molecule has 1 heterocycles. The molecule has 0 radical (unpaired) electrons. The van der Waals surface area contributed by atoms with Crippen LogP contribution in [-0.4, -0.2) is 81.3 Å². The van der Waals surface area contributed by atoms with Gasteiger partial charge >= 0.3 is 0 Å². The zero-order valence-corrected chi connectivity index (χ0v) is 18.3. The zero-order valence-electron chi connectivity index (χ0n) is 18.3. The Morgan fingerprint density at radius 2 is 1.97 bits per heavy atom. The standard InChI is InChI=1S/C22H38FN5O/c1-4-20(29-21-10-8-9-19(23)17-21)18-26-22(24-5-2)25-11-6-7-12-28-15-13-27(3)14-16-28/h8-10,17,20H,4-7,11-16,18H2,1-3H3,(H2,24,25,26). The highest BCUT2D eigenvalue weighted by Crippen LogP contribution is 2.15. The minimum absolute atomic E-state index is 0.0792. The molecule has 0 spiro atoms. The SMILES string of the molecule is CCNC(=NCC(CC)Oc1cccc(F)c1)NCCCCN1CCN(C)CC1. The van der Waals surface area contributed by atoms with Gasteiger partial charge in [0, 0.05) is 45.3 Å². The summed E-state index contributed by atoms with van der Waals surface area (Å²) in [6, 6.07) is 6.27. The maximum atomic E-state index is 13.3. The number of benzene rings is 1. The normalized spacial score (nSPS) is 17.2. The Bertz CT molecular complexity index is 605. The van der Waals surface area contributed by atoms with Gasteiger partial charge in [0.1, 0.15) is 17.7 Å². The molecule has 1 aliphatic heterocycles. The molecule has 1 fully saturated rings. The molecular formula is C22H38FN5O. The summed E-state index contributed by atoms with van der Waals surface area (Å²) in [5.74, 6) is 1.08. The third-order valence-corrected chi connectivity index (χ3v) is 5.14. The molecule has 0 saturated carbocycles. The third kappa shape index (κ3) is 9.45. The number of halogens is 1. The summed E-state index contributed by atoms with van der Waals surface area (Å²) in [5, 5.41) is 6.70. The molecule has 1 aromatic rings. The maximum absolute atomic E-state index is 13.3. The first-order valence-electron chi connectivity index (χ1n) is 11.0. The number of nitrogens with zero attached hydrogens (tertiary/aromatic N) is 3. The van der Waals surface area contributed by atoms with E-state index in [1.165, 1.54) is 51.3 Å². The molecule has 0 bridgehead atoms. The smallest absolute Gasteiger partial charge is 0.191 e. The topological polar surface area (TPSA) is 52.1 Å². The van der Waals surface area contributed by atoms with E-state index >= 15 is 0 Å². The highest BCUT2D eigenvalue weighted by atomic mass is 19.1. The van der Waals surface area contributed by atoms with E-state index in [1.807, 2.05) is 0 Å². The molecule has 29 heavy (non-hydrogen) atoms. The first-order valence-corrected chi connectivity index (χ1v) is 11.0. The second-order valence-corrected chi connectivity index (χ2v) is 7.60. The molecule has 2 rings (SSSR count). The van der Waals surface area contributed by atoms with Crippen LogP contribution in [0.2, 0.25) is 0 Å². The number of nitrogens with one attached hydrogen (secondary N) is 2. The van der Waals surface area contributed by atoms with Gasteiger partial charge in [-0.25, -0.2) is 9.38 Å². The van der Waals surface area contributed by atoms with Crippen LogP contribution in [0.5, 0.6) is 5.75 Å². The van der Waals surface area contributed by atoms with Crippen molar-refractivity contribution in [2.24, 2.45) is 4.99 Å². The van der Waals surface area contributed by atoms with Crippen molar-refractivity contribution >= 4 is 5.96 Å². The van der Waals surface area contributed by atoms with Crippen LogP contribution in [-0.2, 0) is 0 Å². The number of unbranched alkanes of at least 4 members (excludes halogenated alkanes) is 1. The lowest BCUT2D eigenvalue weighted by atomic mass is 10.2. The Morgan fingerprint density at radius 1 is 1.17 bits per heavy atom. The van der Waals surface area contributed by atoms with Gasteiger partial charge in [0.15, 0.2) is 5.96 Å². The number of ether oxygens (including phenoxy) is 1. The molecule has 6 nitrogen and oxygen atoms in total. The average Bonchev–Trinajstić information content (AvgIpc) is 2.72. The van der Waals surface area contributed by atoms with Crippen LogP contribution >= 0.6 is 0 Å². The van der Waals surface area contributed by atoms with Gasteiger partial charge in [0.25, 0.3) is 0 Å². The largest absolute Gasteiger partial charge is 0.488 e. The minimum Gasteiger partial charge on any atom is -0.488 e. The first-order chi connectivity index (χ1) is 14.1. The molecule has 1 unspecified atom stereocenters. The van der Waals surface area contributed by atoms with Crippen molar-refractivity contribution in [2.75, 3.05) is 59.4 Å². The van der Waals surface area contributed by atoms with Gasteiger partial charge in [-0.15, -0.1) is 0 Å². The highest BCUT2D eigenvalue weighted by Gasteiger charge is 2.13. The number of guanidine groups is 1. The van der Waals surface area contributed by atoms with Gasteiger partial charge < -0.3 is 25.2 Å². The molecule has 0 aliphatic carbocycles. The van der Waals surface area contributed by atoms with Crippen LogP contribution in [0.3, 0.4) is 0 Å². The summed E-state index contributed by atoms with van der Waals surface area (Å²) >= 11 is 0. The quantitative estimate of drug-likeness (QED) is 0.335. The van der Waals surface area contributed by atoms with Crippen LogP contribution in [0.25, 0.3) is 0 Å². The van der Waals surface area contributed by atoms with Gasteiger partial charge in [-0.2, -0.15) is 0 Å². The summed E-state index contributed by atoms with van der Waals surface area (Å²) in [6.07, 6.45) is 3.04. The van der Waals surface area contributed by atoms with E-state index in [4.69, 9.17) is 4.74 Å². The van der Waals surface area contributed by atoms with Gasteiger partial charge in [0.05, 0.1) is 6.54 Å². The number of likely N-dealkylation sites (N-methyl/N-ethyl adjacent to an activating group) is 1. The van der Waals surface area contributed by atoms with E-state index in [2.05, 4.69) is 46.3 Å². The van der Waals surface area contributed by atoms with E-state index in [9.17, 15) is 4.39 Å². The second-order valence-electron chi connectivity index (χ2n) is 7.60. The van der Waals surface area contributed by atoms with E-state index < -0.39 is 0 Å². The summed E-state index contributed by atoms with van der Waals surface area (Å²) in [4.78, 5) is 9.60. The molecule has 0 amide bonds. The summed E-state index contributed by atoms with van der Waals surface area (Å²) in [7, 11) is 2.19. The molecule has 1 aliphatic rings. The van der Waals surface area contributed by atoms with Crippen molar-refractivity contribution in [3.05, 3.63) is 30.1 Å². The fourth-order valence-corrected chi connectivity index (χ4v) is 3.26. The minimum atomic E-state index is -0.285. The summed E-state index contributed by atoms with van der Waals surface area (Å²) < 4.78 is 19.2. The fourth-order valence-electron chi connectivity index (χ4n) is 3.26. The zero-order chi connectivity index (χ0) is 20.9. The van der Waals surface area contributed by atoms with E-state index in [0.717, 1.165) is 31.9 Å². The lowest BCUT2D eigenvalue weighted by molar-refractivity contribution is 0.152. The van der Waals surface area contributed by atoms with Crippen LogP contribution in [0.1, 0.15) is 33.1 Å². The lowest BCUT2D eigenvalue weighted by Gasteiger charge is -2.32. The van der Waals surface area contributed by atoms with E-state index in [-0.39, 0.29) is 11.9 Å².